The maximum atomic E-state index is 13.6. The molecule has 0 spiro atoms. The van der Waals surface area contributed by atoms with E-state index in [4.69, 9.17) is 4.74 Å². The molecule has 3 fully saturated rings. The molecule has 0 amide bonds. The first-order valence-corrected chi connectivity index (χ1v) is 13.6. The van der Waals surface area contributed by atoms with Crippen molar-refractivity contribution >= 4 is 10.0 Å². The number of aliphatic hydroxyl groups is 1. The molecular weight excluding hydrogens is 448 g/mol. The van der Waals surface area contributed by atoms with Gasteiger partial charge in [0.15, 0.2) is 0 Å². The first kappa shape index (κ1) is 23.4. The minimum Gasteiger partial charge on any atom is -0.497 e. The van der Waals surface area contributed by atoms with E-state index in [2.05, 4.69) is 41.0 Å². The van der Waals surface area contributed by atoms with Crippen LogP contribution in [-0.4, -0.2) is 68.2 Å². The molecule has 1 N–H and O–H groups in total. The van der Waals surface area contributed by atoms with E-state index in [1.165, 1.54) is 20.0 Å². The van der Waals surface area contributed by atoms with E-state index < -0.39 is 10.0 Å². The highest BCUT2D eigenvalue weighted by atomic mass is 32.2. The number of aliphatic hydroxyl groups excluding tert-OH is 1. The molecule has 5 rings (SSSR count). The SMILES string of the molecule is COc1cccc(S(=O)(=O)N2CCCCN3[C@H](CO)[C@@H](c4ccc(C#CC5CC5)cc4)[C@H]3C2)c1. The van der Waals surface area contributed by atoms with E-state index in [0.29, 0.717) is 24.8 Å². The third-order valence-electron chi connectivity index (χ3n) is 7.31. The summed E-state index contributed by atoms with van der Waals surface area (Å²) in [6.45, 7) is 1.84. The summed E-state index contributed by atoms with van der Waals surface area (Å²) < 4.78 is 34.0. The maximum Gasteiger partial charge on any atom is 0.243 e. The number of hydrogen-bond acceptors (Lipinski definition) is 5. The van der Waals surface area contributed by atoms with Gasteiger partial charge in [0, 0.05) is 48.6 Å². The van der Waals surface area contributed by atoms with Gasteiger partial charge >= 0.3 is 0 Å². The molecule has 0 aromatic heterocycles. The van der Waals surface area contributed by atoms with Crippen molar-refractivity contribution in [2.45, 2.75) is 48.6 Å². The Morgan fingerprint density at radius 1 is 1.09 bits per heavy atom. The summed E-state index contributed by atoms with van der Waals surface area (Å²) in [7, 11) is -2.12. The number of nitrogens with zero attached hydrogens (tertiary/aromatic N) is 2. The molecule has 0 unspecified atom stereocenters. The van der Waals surface area contributed by atoms with Crippen LogP contribution in [0, 0.1) is 17.8 Å². The van der Waals surface area contributed by atoms with Crippen molar-refractivity contribution in [2.24, 2.45) is 5.92 Å². The lowest BCUT2D eigenvalue weighted by Crippen LogP contribution is -2.67. The molecule has 2 saturated heterocycles. The summed E-state index contributed by atoms with van der Waals surface area (Å²) in [6, 6.07) is 15.0. The van der Waals surface area contributed by atoms with Crippen LogP contribution in [0.2, 0.25) is 0 Å². The molecule has 3 atom stereocenters. The molecular formula is C27H32N2O4S. The molecule has 2 aliphatic heterocycles. The Labute approximate surface area is 202 Å². The van der Waals surface area contributed by atoms with E-state index in [0.717, 1.165) is 30.5 Å². The van der Waals surface area contributed by atoms with Gasteiger partial charge in [-0.25, -0.2) is 8.42 Å². The predicted molar refractivity (Wildman–Crippen MR) is 131 cm³/mol. The van der Waals surface area contributed by atoms with Crippen LogP contribution in [0.4, 0.5) is 0 Å². The van der Waals surface area contributed by atoms with Crippen LogP contribution in [0.25, 0.3) is 0 Å². The van der Waals surface area contributed by atoms with Crippen molar-refractivity contribution in [3.05, 3.63) is 59.7 Å². The highest BCUT2D eigenvalue weighted by Gasteiger charge is 2.50. The summed E-state index contributed by atoms with van der Waals surface area (Å²) in [5, 5.41) is 10.2. The fourth-order valence-electron chi connectivity index (χ4n) is 5.24. The van der Waals surface area contributed by atoms with Gasteiger partial charge in [-0.2, -0.15) is 4.31 Å². The van der Waals surface area contributed by atoms with E-state index in [1.54, 1.807) is 28.6 Å². The highest BCUT2D eigenvalue weighted by Crippen LogP contribution is 2.42. The second-order valence-corrected chi connectivity index (χ2v) is 11.4. The Morgan fingerprint density at radius 3 is 2.56 bits per heavy atom. The van der Waals surface area contributed by atoms with E-state index >= 15 is 0 Å². The van der Waals surface area contributed by atoms with Crippen LogP contribution in [0.3, 0.4) is 0 Å². The molecule has 2 aromatic rings. The molecule has 0 radical (unpaired) electrons. The van der Waals surface area contributed by atoms with Crippen molar-refractivity contribution in [3.63, 3.8) is 0 Å². The van der Waals surface area contributed by atoms with Crippen LogP contribution in [-0.2, 0) is 10.0 Å². The summed E-state index contributed by atoms with van der Waals surface area (Å²) in [5.41, 5.74) is 2.14. The standard InChI is InChI=1S/C27H32N2O4S/c1-33-23-5-4-6-24(17-23)34(31,32)28-15-2-3-16-29-25(18-28)27(26(29)19-30)22-13-11-21(12-14-22)10-9-20-7-8-20/h4-6,11-14,17,20,25-27,30H,2-3,7-8,15-16,18-19H2,1H3/t25-,26-,27+/m1/s1. The average molecular weight is 481 g/mol. The third-order valence-corrected chi connectivity index (χ3v) is 9.17. The van der Waals surface area contributed by atoms with Gasteiger partial charge in [-0.3, -0.25) is 4.90 Å². The monoisotopic (exact) mass is 480 g/mol. The van der Waals surface area contributed by atoms with Crippen molar-refractivity contribution in [1.29, 1.82) is 0 Å². The smallest absolute Gasteiger partial charge is 0.243 e. The number of hydrogen-bond donors (Lipinski definition) is 1. The minimum absolute atomic E-state index is 0.00729. The van der Waals surface area contributed by atoms with Crippen LogP contribution in [0.1, 0.15) is 42.7 Å². The van der Waals surface area contributed by atoms with E-state index in [-0.39, 0.29) is 29.5 Å². The Bertz CT molecular complexity index is 1180. The van der Waals surface area contributed by atoms with Gasteiger partial charge in [0.1, 0.15) is 5.75 Å². The average Bonchev–Trinajstić information content (AvgIpc) is 3.67. The number of methoxy groups -OCH3 is 1. The zero-order chi connectivity index (χ0) is 23.7. The van der Waals surface area contributed by atoms with E-state index in [1.807, 2.05) is 0 Å². The molecule has 0 bridgehead atoms. The lowest BCUT2D eigenvalue weighted by atomic mass is 9.74. The second-order valence-electron chi connectivity index (χ2n) is 9.50. The lowest BCUT2D eigenvalue weighted by Gasteiger charge is -2.57. The summed E-state index contributed by atoms with van der Waals surface area (Å²) in [5.74, 6) is 7.72. The fraction of sp³-hybridized carbons (Fsp3) is 0.481. The maximum absolute atomic E-state index is 13.6. The predicted octanol–water partition coefficient (Wildman–Crippen LogP) is 3.07. The van der Waals surface area contributed by atoms with Gasteiger partial charge < -0.3 is 9.84 Å². The Balaban J connectivity index is 1.40. The number of fused-ring (bicyclic) bond motifs is 1. The van der Waals surface area contributed by atoms with E-state index in [9.17, 15) is 13.5 Å². The van der Waals surface area contributed by atoms with Gasteiger partial charge in [0.25, 0.3) is 0 Å². The first-order valence-electron chi connectivity index (χ1n) is 12.1. The Kier molecular flexibility index (Phi) is 6.67. The minimum atomic E-state index is -3.66. The van der Waals surface area contributed by atoms with Crippen molar-refractivity contribution in [1.82, 2.24) is 9.21 Å². The Hall–Kier alpha value is -2.37. The molecule has 34 heavy (non-hydrogen) atoms. The quantitative estimate of drug-likeness (QED) is 0.666. The molecule has 6 nitrogen and oxygen atoms in total. The lowest BCUT2D eigenvalue weighted by molar-refractivity contribution is -0.0553. The third kappa shape index (κ3) is 4.60. The number of ether oxygens (including phenoxy) is 1. The summed E-state index contributed by atoms with van der Waals surface area (Å²) >= 11 is 0. The molecule has 1 aliphatic carbocycles. The summed E-state index contributed by atoms with van der Waals surface area (Å²) in [6.07, 6.45) is 4.11. The van der Waals surface area contributed by atoms with Gasteiger partial charge in [-0.05, 0) is 62.1 Å². The summed E-state index contributed by atoms with van der Waals surface area (Å²) in [4.78, 5) is 2.55. The largest absolute Gasteiger partial charge is 0.497 e. The van der Waals surface area contributed by atoms with Crippen molar-refractivity contribution in [2.75, 3.05) is 33.4 Å². The molecule has 1 saturated carbocycles. The Morgan fingerprint density at radius 2 is 1.85 bits per heavy atom. The van der Waals surface area contributed by atoms with Gasteiger partial charge in [-0.15, -0.1) is 0 Å². The van der Waals surface area contributed by atoms with Gasteiger partial charge in [-0.1, -0.05) is 30.0 Å². The van der Waals surface area contributed by atoms with Crippen LogP contribution in [0.5, 0.6) is 5.75 Å². The van der Waals surface area contributed by atoms with Crippen LogP contribution >= 0.6 is 0 Å². The van der Waals surface area contributed by atoms with Crippen LogP contribution in [0.15, 0.2) is 53.4 Å². The first-order chi connectivity index (χ1) is 16.5. The molecule has 2 heterocycles. The molecule has 3 aliphatic rings. The molecule has 2 aromatic carbocycles. The fourth-order valence-corrected chi connectivity index (χ4v) is 6.77. The normalized spacial score (nSPS) is 25.8. The topological polar surface area (TPSA) is 70.1 Å². The number of benzene rings is 2. The highest BCUT2D eigenvalue weighted by molar-refractivity contribution is 7.89. The zero-order valence-electron chi connectivity index (χ0n) is 19.6. The van der Waals surface area contributed by atoms with Gasteiger partial charge in [0.05, 0.1) is 18.6 Å². The van der Waals surface area contributed by atoms with Crippen molar-refractivity contribution in [3.8, 4) is 17.6 Å². The molecule has 7 heteroatoms. The van der Waals surface area contributed by atoms with Crippen LogP contribution < -0.4 is 4.74 Å². The van der Waals surface area contributed by atoms with Gasteiger partial charge in [0.2, 0.25) is 10.0 Å². The molecule has 180 valence electrons. The number of rotatable bonds is 5. The zero-order valence-corrected chi connectivity index (χ0v) is 20.4. The van der Waals surface area contributed by atoms with Crippen molar-refractivity contribution < 1.29 is 18.3 Å². The number of sulfonamides is 1. The second kappa shape index (κ2) is 9.71.